The molecule has 0 bridgehead atoms. The normalized spacial score (nSPS) is 11.9. The lowest BCUT2D eigenvalue weighted by molar-refractivity contribution is 0.198. The zero-order valence-corrected chi connectivity index (χ0v) is 18.9. The molecule has 0 atom stereocenters. The Morgan fingerprint density at radius 3 is 2.53 bits per heavy atom. The van der Waals surface area contributed by atoms with Crippen LogP contribution in [0.25, 0.3) is 22.2 Å². The molecule has 0 aliphatic rings. The van der Waals surface area contributed by atoms with E-state index in [1.165, 1.54) is 32.3 Å². The van der Waals surface area contributed by atoms with Gasteiger partial charge in [-0.15, -0.1) is 0 Å². The summed E-state index contributed by atoms with van der Waals surface area (Å²) in [6.45, 7) is 0. The minimum Gasteiger partial charge on any atom is -0.464 e. The van der Waals surface area contributed by atoms with Crippen LogP contribution in [0.15, 0.2) is 53.8 Å². The second-order valence-electron chi connectivity index (χ2n) is 7.23. The van der Waals surface area contributed by atoms with Gasteiger partial charge in [-0.25, -0.2) is 27.1 Å². The summed E-state index contributed by atoms with van der Waals surface area (Å²) in [5.74, 6) is 0.348. The van der Waals surface area contributed by atoms with Gasteiger partial charge in [0.15, 0.2) is 0 Å². The number of fused-ring (bicyclic) bond motifs is 1. The minimum atomic E-state index is -3.62. The molecule has 4 rings (SSSR count). The van der Waals surface area contributed by atoms with E-state index in [9.17, 15) is 18.3 Å². The predicted octanol–water partition coefficient (Wildman–Crippen LogP) is 3.61. The Kier molecular flexibility index (Phi) is 5.41. The van der Waals surface area contributed by atoms with E-state index in [1.807, 2.05) is 0 Å². The Morgan fingerprint density at radius 1 is 1.19 bits per heavy atom. The minimum absolute atomic E-state index is 0.0577. The summed E-state index contributed by atoms with van der Waals surface area (Å²) in [5.41, 5.74) is 1.98. The fourth-order valence-corrected chi connectivity index (χ4v) is 4.47. The first-order valence-electron chi connectivity index (χ1n) is 9.31. The molecule has 0 spiro atoms. The maximum atomic E-state index is 12.3. The van der Waals surface area contributed by atoms with Crippen molar-refractivity contribution < 1.29 is 18.3 Å². The Bertz CT molecular complexity index is 1460. The third-order valence-corrected chi connectivity index (χ3v) is 6.98. The van der Waals surface area contributed by atoms with E-state index in [4.69, 9.17) is 11.6 Å². The number of halogens is 1. The van der Waals surface area contributed by atoms with Crippen LogP contribution >= 0.6 is 11.6 Å². The summed E-state index contributed by atoms with van der Waals surface area (Å²) in [7, 11) is 0.998. The fourth-order valence-electron chi connectivity index (χ4n) is 3.25. The number of nitrogens with zero attached hydrogens (tertiary/aromatic N) is 5. The molecule has 0 aliphatic heterocycles. The number of rotatable bonds is 5. The molecule has 0 saturated heterocycles. The molecule has 32 heavy (non-hydrogen) atoms. The van der Waals surface area contributed by atoms with Crippen molar-refractivity contribution in [2.45, 2.75) is 4.90 Å². The molecule has 0 aliphatic carbocycles. The number of anilines is 2. The summed E-state index contributed by atoms with van der Waals surface area (Å²) in [5, 5.41) is 17.7. The summed E-state index contributed by atoms with van der Waals surface area (Å²) < 4.78 is 28.4. The van der Waals surface area contributed by atoms with E-state index in [0.717, 1.165) is 8.87 Å². The molecule has 2 N–H and O–H groups in total. The van der Waals surface area contributed by atoms with Gasteiger partial charge in [-0.1, -0.05) is 11.6 Å². The summed E-state index contributed by atoms with van der Waals surface area (Å²) in [4.78, 5) is 16.4. The highest BCUT2D eigenvalue weighted by molar-refractivity contribution is 7.89. The summed E-state index contributed by atoms with van der Waals surface area (Å²) >= 11 is 6.29. The predicted molar refractivity (Wildman–Crippen MR) is 121 cm³/mol. The van der Waals surface area contributed by atoms with E-state index in [1.54, 1.807) is 42.5 Å². The Balaban J connectivity index is 1.74. The fraction of sp³-hybridized carbons (Fsp3) is 0.150. The highest BCUT2D eigenvalue weighted by Gasteiger charge is 2.20. The van der Waals surface area contributed by atoms with Crippen LogP contribution in [0.2, 0.25) is 5.02 Å². The molecule has 0 amide bonds. The lowest BCUT2D eigenvalue weighted by Gasteiger charge is -2.13. The average Bonchev–Trinajstić information content (AvgIpc) is 3.32. The monoisotopic (exact) mass is 474 g/mol. The van der Waals surface area contributed by atoms with Crippen LogP contribution in [0.5, 0.6) is 0 Å². The Labute approximate surface area is 188 Å². The molecular formula is C20H19ClN6O4S. The Hall–Kier alpha value is -3.41. The lowest BCUT2D eigenvalue weighted by Crippen LogP contribution is -2.22. The molecule has 10 nitrogen and oxygen atoms in total. The number of carbonyl (C=O) groups is 1. The number of aryl methyl sites for hydroxylation is 1. The first kappa shape index (κ1) is 21.8. The van der Waals surface area contributed by atoms with Gasteiger partial charge in [0, 0.05) is 50.6 Å². The lowest BCUT2D eigenvalue weighted by atomic mass is 10.2. The van der Waals surface area contributed by atoms with Gasteiger partial charge in [0.05, 0.1) is 33.0 Å². The number of pyridine rings is 1. The molecule has 4 aromatic rings. The van der Waals surface area contributed by atoms with Gasteiger partial charge in [0.1, 0.15) is 5.82 Å². The molecule has 0 saturated carbocycles. The summed E-state index contributed by atoms with van der Waals surface area (Å²) in [6.07, 6.45) is 3.72. The van der Waals surface area contributed by atoms with E-state index < -0.39 is 16.1 Å². The van der Waals surface area contributed by atoms with Crippen molar-refractivity contribution in [2.24, 2.45) is 7.05 Å². The number of sulfonamides is 1. The van der Waals surface area contributed by atoms with Crippen LogP contribution in [0.1, 0.15) is 0 Å². The highest BCUT2D eigenvalue weighted by Crippen LogP contribution is 2.32. The van der Waals surface area contributed by atoms with Crippen molar-refractivity contribution >= 4 is 50.1 Å². The van der Waals surface area contributed by atoms with E-state index >= 15 is 0 Å². The number of aromatic nitrogens is 4. The quantitative estimate of drug-likeness (QED) is 0.453. The molecular weight excluding hydrogens is 456 g/mol. The Morgan fingerprint density at radius 2 is 1.94 bits per heavy atom. The third kappa shape index (κ3) is 3.81. The van der Waals surface area contributed by atoms with Gasteiger partial charge >= 0.3 is 6.09 Å². The van der Waals surface area contributed by atoms with Gasteiger partial charge in [-0.2, -0.15) is 5.10 Å². The zero-order valence-electron chi connectivity index (χ0n) is 17.3. The second kappa shape index (κ2) is 7.93. The number of benzene rings is 1. The molecule has 1 aromatic carbocycles. The second-order valence-corrected chi connectivity index (χ2v) is 9.79. The molecule has 0 unspecified atom stereocenters. The zero-order chi connectivity index (χ0) is 23.2. The van der Waals surface area contributed by atoms with Gasteiger partial charge in [0.2, 0.25) is 10.0 Å². The standard InChI is InChI=1S/C20H19ClN6O4S/c1-25(2)32(30,31)14-4-5-16(15(21)7-14)24-19-8-18-12(9-22-19)6-17(27(18)20(28)29)13-10-23-26(3)11-13/h4-11H,1-3H3,(H,22,24)(H,28,29). The number of nitrogens with one attached hydrogen (secondary N) is 1. The number of hydrogen-bond acceptors (Lipinski definition) is 6. The van der Waals surface area contributed by atoms with Gasteiger partial charge < -0.3 is 10.4 Å². The highest BCUT2D eigenvalue weighted by atomic mass is 35.5. The van der Waals surface area contributed by atoms with Crippen molar-refractivity contribution in [1.29, 1.82) is 0 Å². The molecule has 3 heterocycles. The van der Waals surface area contributed by atoms with Crippen molar-refractivity contribution in [3.8, 4) is 11.3 Å². The molecule has 0 fully saturated rings. The van der Waals surface area contributed by atoms with Gasteiger partial charge in [0.25, 0.3) is 0 Å². The first-order valence-corrected chi connectivity index (χ1v) is 11.1. The van der Waals surface area contributed by atoms with E-state index in [0.29, 0.717) is 33.7 Å². The van der Waals surface area contributed by atoms with Crippen molar-refractivity contribution in [3.63, 3.8) is 0 Å². The topological polar surface area (TPSA) is 122 Å². The van der Waals surface area contributed by atoms with Crippen LogP contribution in [-0.2, 0) is 17.1 Å². The maximum absolute atomic E-state index is 12.3. The van der Waals surface area contributed by atoms with Gasteiger partial charge in [-0.3, -0.25) is 4.68 Å². The molecule has 3 aromatic heterocycles. The van der Waals surface area contributed by atoms with E-state index in [2.05, 4.69) is 15.4 Å². The third-order valence-electron chi connectivity index (χ3n) is 4.86. The van der Waals surface area contributed by atoms with Crippen LogP contribution in [0.3, 0.4) is 0 Å². The van der Waals surface area contributed by atoms with Gasteiger partial charge in [-0.05, 0) is 24.3 Å². The molecule has 12 heteroatoms. The summed E-state index contributed by atoms with van der Waals surface area (Å²) in [6, 6.07) is 7.62. The average molecular weight is 475 g/mol. The largest absolute Gasteiger partial charge is 0.464 e. The van der Waals surface area contributed by atoms with Crippen molar-refractivity contribution in [3.05, 3.63) is 53.9 Å². The first-order chi connectivity index (χ1) is 15.1. The molecule has 0 radical (unpaired) electrons. The van der Waals surface area contributed by atoms with Crippen LogP contribution in [0.4, 0.5) is 16.3 Å². The SMILES string of the molecule is CN(C)S(=O)(=O)c1ccc(Nc2cc3c(cn2)cc(-c2cnn(C)c2)n3C(=O)O)c(Cl)c1. The number of carboxylic acid groups (broad SMARTS) is 1. The smallest absolute Gasteiger partial charge is 0.416 e. The molecule has 166 valence electrons. The van der Waals surface area contributed by atoms with Crippen LogP contribution < -0.4 is 5.32 Å². The van der Waals surface area contributed by atoms with Crippen LogP contribution in [-0.4, -0.2) is 57.3 Å². The number of hydrogen-bond donors (Lipinski definition) is 2. The van der Waals surface area contributed by atoms with Crippen LogP contribution in [0, 0.1) is 0 Å². The van der Waals surface area contributed by atoms with E-state index in [-0.39, 0.29) is 9.92 Å². The van der Waals surface area contributed by atoms with Crippen molar-refractivity contribution in [2.75, 3.05) is 19.4 Å². The van der Waals surface area contributed by atoms with Crippen molar-refractivity contribution in [1.82, 2.24) is 23.6 Å². The maximum Gasteiger partial charge on any atom is 0.416 e.